The Morgan fingerprint density at radius 2 is 1.83 bits per heavy atom. The third-order valence-corrected chi connectivity index (χ3v) is 6.69. The molecule has 0 N–H and O–H groups in total. The van der Waals surface area contributed by atoms with Crippen LogP contribution in [-0.2, 0) is 16.1 Å². The Balaban J connectivity index is 1.41. The molecular weight excluding hydrogens is 364 g/mol. The van der Waals surface area contributed by atoms with Crippen LogP contribution in [0.2, 0.25) is 0 Å². The van der Waals surface area contributed by atoms with Gasteiger partial charge in [0.05, 0.1) is 11.0 Å². The predicted octanol–water partition coefficient (Wildman–Crippen LogP) is 3.16. The number of aromatic nitrogens is 2. The Morgan fingerprint density at radius 3 is 2.59 bits per heavy atom. The fourth-order valence-corrected chi connectivity index (χ4v) is 4.86. The average molecular weight is 395 g/mol. The second kappa shape index (κ2) is 7.81. The van der Waals surface area contributed by atoms with E-state index in [0.717, 1.165) is 55.9 Å². The smallest absolute Gasteiger partial charge is 0.242 e. The number of carbonyl (C=O) groups is 2. The number of nitrogens with zero attached hydrogens (tertiary/aromatic N) is 4. The zero-order valence-electron chi connectivity index (χ0n) is 17.1. The molecule has 6 nitrogen and oxygen atoms in total. The van der Waals surface area contributed by atoms with Gasteiger partial charge in [-0.2, -0.15) is 0 Å². The molecule has 1 aromatic carbocycles. The van der Waals surface area contributed by atoms with Gasteiger partial charge in [-0.05, 0) is 43.7 Å². The molecule has 29 heavy (non-hydrogen) atoms. The van der Waals surface area contributed by atoms with E-state index in [9.17, 15) is 9.59 Å². The third-order valence-electron chi connectivity index (χ3n) is 6.69. The van der Waals surface area contributed by atoms with Crippen molar-refractivity contribution >= 4 is 22.8 Å². The van der Waals surface area contributed by atoms with Gasteiger partial charge >= 0.3 is 0 Å². The summed E-state index contributed by atoms with van der Waals surface area (Å²) in [4.78, 5) is 34.6. The molecule has 5 rings (SSSR count). The highest BCUT2D eigenvalue weighted by molar-refractivity contribution is 5.83. The van der Waals surface area contributed by atoms with Crippen molar-refractivity contribution in [3.05, 3.63) is 30.1 Å². The number of imidazole rings is 1. The normalized spacial score (nSPS) is 23.0. The highest BCUT2D eigenvalue weighted by Crippen LogP contribution is 2.35. The second-order valence-corrected chi connectivity index (χ2v) is 8.98. The van der Waals surface area contributed by atoms with Crippen molar-refractivity contribution in [1.29, 1.82) is 0 Å². The minimum atomic E-state index is 0.0746. The van der Waals surface area contributed by atoms with Crippen molar-refractivity contribution in [3.63, 3.8) is 0 Å². The highest BCUT2D eigenvalue weighted by Gasteiger charge is 2.37. The molecule has 154 valence electrons. The Morgan fingerprint density at radius 1 is 1.07 bits per heavy atom. The molecule has 1 atom stereocenters. The van der Waals surface area contributed by atoms with Crippen LogP contribution in [0, 0.1) is 5.92 Å². The number of likely N-dealkylation sites (tertiary alicyclic amines) is 2. The molecule has 3 aliphatic rings. The Hall–Kier alpha value is -2.37. The van der Waals surface area contributed by atoms with Gasteiger partial charge in [-0.3, -0.25) is 9.59 Å². The van der Waals surface area contributed by atoms with Gasteiger partial charge in [0, 0.05) is 38.5 Å². The second-order valence-electron chi connectivity index (χ2n) is 8.98. The number of carbonyl (C=O) groups excluding carboxylic acids is 2. The summed E-state index contributed by atoms with van der Waals surface area (Å²) in [6.45, 7) is 3.66. The maximum absolute atomic E-state index is 13.1. The lowest BCUT2D eigenvalue weighted by molar-refractivity contribution is -0.131. The van der Waals surface area contributed by atoms with Gasteiger partial charge in [-0.15, -0.1) is 0 Å². The fourth-order valence-electron chi connectivity index (χ4n) is 4.86. The van der Waals surface area contributed by atoms with Crippen molar-refractivity contribution in [3.8, 4) is 0 Å². The van der Waals surface area contributed by atoms with Gasteiger partial charge in [0.1, 0.15) is 12.4 Å². The summed E-state index contributed by atoms with van der Waals surface area (Å²) < 4.78 is 2.08. The molecular formula is C23H30N4O2. The minimum absolute atomic E-state index is 0.0746. The predicted molar refractivity (Wildman–Crippen MR) is 111 cm³/mol. The minimum Gasteiger partial charge on any atom is -0.342 e. The first-order chi connectivity index (χ1) is 14.2. The number of hydrogen-bond donors (Lipinski definition) is 0. The van der Waals surface area contributed by atoms with Crippen LogP contribution in [0.3, 0.4) is 0 Å². The molecule has 2 saturated heterocycles. The average Bonchev–Trinajstić information content (AvgIpc) is 3.44. The van der Waals surface area contributed by atoms with Crippen molar-refractivity contribution < 1.29 is 9.59 Å². The van der Waals surface area contributed by atoms with Crippen molar-refractivity contribution in [2.75, 3.05) is 26.2 Å². The van der Waals surface area contributed by atoms with Gasteiger partial charge in [0.25, 0.3) is 0 Å². The van der Waals surface area contributed by atoms with Gasteiger partial charge in [0.15, 0.2) is 0 Å². The lowest BCUT2D eigenvalue weighted by Gasteiger charge is -2.22. The van der Waals surface area contributed by atoms with Crippen LogP contribution < -0.4 is 0 Å². The topological polar surface area (TPSA) is 58.4 Å². The van der Waals surface area contributed by atoms with Gasteiger partial charge < -0.3 is 14.4 Å². The standard InChI is InChI=1S/C23H30N4O2/c28-21-13-18(15-26(21)14-17-9-10-17)23-24-19-7-3-4-8-20(19)27(23)16-22(29)25-11-5-1-2-6-12-25/h3-4,7-8,17-18H,1-2,5-6,9-16H2/t18-/m0/s1. The summed E-state index contributed by atoms with van der Waals surface area (Å²) in [5, 5.41) is 0. The molecule has 3 heterocycles. The SMILES string of the molecule is O=C(Cn1c([C@H]2CC(=O)N(CC3CC3)C2)nc2ccccc21)N1CCCCCC1. The zero-order chi connectivity index (χ0) is 19.8. The van der Waals surface area contributed by atoms with Gasteiger partial charge in [-0.25, -0.2) is 4.98 Å². The lowest BCUT2D eigenvalue weighted by atomic mass is 10.1. The maximum Gasteiger partial charge on any atom is 0.242 e. The summed E-state index contributed by atoms with van der Waals surface area (Å²) in [5.74, 6) is 2.09. The van der Waals surface area contributed by atoms with E-state index >= 15 is 0 Å². The van der Waals surface area contributed by atoms with E-state index in [-0.39, 0.29) is 17.7 Å². The van der Waals surface area contributed by atoms with Crippen LogP contribution in [0.25, 0.3) is 11.0 Å². The fraction of sp³-hybridized carbons (Fsp3) is 0.609. The lowest BCUT2D eigenvalue weighted by Crippen LogP contribution is -2.35. The van der Waals surface area contributed by atoms with Gasteiger partial charge in [0.2, 0.25) is 11.8 Å². The number of hydrogen-bond acceptors (Lipinski definition) is 3. The zero-order valence-corrected chi connectivity index (χ0v) is 17.1. The molecule has 0 unspecified atom stereocenters. The van der Waals surface area contributed by atoms with Crippen molar-refractivity contribution in [2.24, 2.45) is 5.92 Å². The van der Waals surface area contributed by atoms with E-state index in [1.54, 1.807) is 0 Å². The molecule has 1 aromatic heterocycles. The van der Waals surface area contributed by atoms with E-state index < -0.39 is 0 Å². The molecule has 2 aromatic rings. The molecule has 1 aliphatic carbocycles. The summed E-state index contributed by atoms with van der Waals surface area (Å²) >= 11 is 0. The van der Waals surface area contributed by atoms with E-state index in [4.69, 9.17) is 4.98 Å². The molecule has 2 aliphatic heterocycles. The number of benzene rings is 1. The monoisotopic (exact) mass is 394 g/mol. The summed E-state index contributed by atoms with van der Waals surface area (Å²) in [5.41, 5.74) is 1.91. The maximum atomic E-state index is 13.1. The van der Waals surface area contributed by atoms with E-state index in [0.29, 0.717) is 18.9 Å². The first kappa shape index (κ1) is 18.6. The van der Waals surface area contributed by atoms with Crippen molar-refractivity contribution in [1.82, 2.24) is 19.4 Å². The molecule has 0 radical (unpaired) electrons. The van der Waals surface area contributed by atoms with Crippen LogP contribution in [0.5, 0.6) is 0 Å². The Bertz CT molecular complexity index is 909. The van der Waals surface area contributed by atoms with E-state index in [1.165, 1.54) is 25.7 Å². The first-order valence-electron chi connectivity index (χ1n) is 11.2. The van der Waals surface area contributed by atoms with Gasteiger partial charge in [-0.1, -0.05) is 25.0 Å². The Kier molecular flexibility index (Phi) is 5.02. The van der Waals surface area contributed by atoms with Crippen LogP contribution >= 0.6 is 0 Å². The van der Waals surface area contributed by atoms with Crippen molar-refractivity contribution in [2.45, 2.75) is 57.4 Å². The Labute approximate surface area is 171 Å². The quantitative estimate of drug-likeness (QED) is 0.783. The third kappa shape index (κ3) is 3.89. The molecule has 1 saturated carbocycles. The number of amides is 2. The van der Waals surface area contributed by atoms with E-state index in [1.807, 2.05) is 34.1 Å². The molecule has 2 amide bonds. The molecule has 0 spiro atoms. The van der Waals surface area contributed by atoms with E-state index in [2.05, 4.69) is 4.57 Å². The first-order valence-corrected chi connectivity index (χ1v) is 11.2. The molecule has 6 heteroatoms. The van der Waals surface area contributed by atoms with Crippen LogP contribution in [0.15, 0.2) is 24.3 Å². The van der Waals surface area contributed by atoms with Crippen LogP contribution in [-0.4, -0.2) is 57.3 Å². The largest absolute Gasteiger partial charge is 0.342 e. The number of rotatable bonds is 5. The summed E-state index contributed by atoms with van der Waals surface area (Å²) in [7, 11) is 0. The van der Waals surface area contributed by atoms with Crippen LogP contribution in [0.4, 0.5) is 0 Å². The summed E-state index contributed by atoms with van der Waals surface area (Å²) in [6.07, 6.45) is 7.61. The molecule has 3 fully saturated rings. The number of fused-ring (bicyclic) bond motifs is 1. The summed E-state index contributed by atoms with van der Waals surface area (Å²) in [6, 6.07) is 8.03. The molecule has 0 bridgehead atoms. The number of para-hydroxylation sites is 2. The highest BCUT2D eigenvalue weighted by atomic mass is 16.2. The van der Waals surface area contributed by atoms with Crippen LogP contribution in [0.1, 0.15) is 56.7 Å².